The highest BCUT2D eigenvalue weighted by Crippen LogP contribution is 2.16. The Bertz CT molecular complexity index is 966. The molecular formula is C23H25N5O2. The van der Waals surface area contributed by atoms with E-state index in [1.165, 1.54) is 0 Å². The third-order valence-electron chi connectivity index (χ3n) is 5.02. The third-order valence-corrected chi connectivity index (χ3v) is 5.02. The molecule has 0 radical (unpaired) electrons. The van der Waals surface area contributed by atoms with Crippen LogP contribution in [0.25, 0.3) is 6.08 Å². The lowest BCUT2D eigenvalue weighted by atomic mass is 10.2. The maximum absolute atomic E-state index is 13.2. The first kappa shape index (κ1) is 20.0. The number of allylic oxidation sites excluding steroid dienone is 1. The van der Waals surface area contributed by atoms with E-state index in [9.17, 15) is 4.79 Å². The number of benzene rings is 1. The summed E-state index contributed by atoms with van der Waals surface area (Å²) in [5.41, 5.74) is 2.48. The average molecular weight is 403 g/mol. The van der Waals surface area contributed by atoms with E-state index in [0.717, 1.165) is 30.6 Å². The van der Waals surface area contributed by atoms with Crippen LogP contribution in [-0.2, 0) is 17.8 Å². The molecule has 154 valence electrons. The Morgan fingerprint density at radius 3 is 2.80 bits per heavy atom. The van der Waals surface area contributed by atoms with Gasteiger partial charge in [0.05, 0.1) is 18.8 Å². The SMILES string of the molecule is O=C(c1cn(CC=Cc2ccccc2)nn1)N(Cc1ccncc1)CC1CCCO1. The quantitative estimate of drug-likeness (QED) is 0.577. The van der Waals surface area contributed by atoms with E-state index in [2.05, 4.69) is 15.3 Å². The second-order valence-electron chi connectivity index (χ2n) is 7.32. The molecule has 30 heavy (non-hydrogen) atoms. The van der Waals surface area contributed by atoms with Crippen LogP contribution < -0.4 is 0 Å². The molecule has 1 atom stereocenters. The third kappa shape index (κ3) is 5.39. The van der Waals surface area contributed by atoms with E-state index in [-0.39, 0.29) is 12.0 Å². The molecule has 7 heteroatoms. The van der Waals surface area contributed by atoms with Crippen molar-refractivity contribution in [1.29, 1.82) is 0 Å². The molecule has 3 heterocycles. The van der Waals surface area contributed by atoms with Crippen LogP contribution in [0, 0.1) is 0 Å². The van der Waals surface area contributed by atoms with E-state index < -0.39 is 0 Å². The van der Waals surface area contributed by atoms with Crippen molar-refractivity contribution in [2.45, 2.75) is 32.0 Å². The fourth-order valence-corrected chi connectivity index (χ4v) is 3.47. The number of hydrogen-bond donors (Lipinski definition) is 0. The molecule has 1 aromatic carbocycles. The summed E-state index contributed by atoms with van der Waals surface area (Å²) in [5, 5.41) is 8.23. The number of pyridine rings is 1. The summed E-state index contributed by atoms with van der Waals surface area (Å²) in [5.74, 6) is -0.138. The number of carbonyl (C=O) groups excluding carboxylic acids is 1. The van der Waals surface area contributed by atoms with Crippen LogP contribution in [0.15, 0.2) is 67.1 Å². The number of amides is 1. The number of rotatable bonds is 8. The van der Waals surface area contributed by atoms with Gasteiger partial charge in [-0.1, -0.05) is 47.7 Å². The highest BCUT2D eigenvalue weighted by Gasteiger charge is 2.25. The lowest BCUT2D eigenvalue weighted by molar-refractivity contribution is 0.0502. The molecule has 0 aliphatic carbocycles. The van der Waals surface area contributed by atoms with Crippen LogP contribution in [0.4, 0.5) is 0 Å². The first-order chi connectivity index (χ1) is 14.8. The summed E-state index contributed by atoms with van der Waals surface area (Å²) in [6.45, 7) is 2.33. The van der Waals surface area contributed by atoms with Crippen LogP contribution in [0.5, 0.6) is 0 Å². The Morgan fingerprint density at radius 1 is 1.20 bits per heavy atom. The number of ether oxygens (including phenoxy) is 1. The molecule has 1 saturated heterocycles. The van der Waals surface area contributed by atoms with Crippen molar-refractivity contribution in [3.05, 3.63) is 84.0 Å². The summed E-state index contributed by atoms with van der Waals surface area (Å²) >= 11 is 0. The molecular weight excluding hydrogens is 378 g/mol. The van der Waals surface area contributed by atoms with Crippen LogP contribution >= 0.6 is 0 Å². The van der Waals surface area contributed by atoms with Crippen molar-refractivity contribution in [1.82, 2.24) is 24.9 Å². The smallest absolute Gasteiger partial charge is 0.276 e. The molecule has 0 N–H and O–H groups in total. The number of carbonyl (C=O) groups is 1. The lowest BCUT2D eigenvalue weighted by Gasteiger charge is -2.24. The molecule has 1 aliphatic heterocycles. The standard InChI is InChI=1S/C23H25N5O2/c29-23(22-18-28(26-25-22)14-4-8-19-6-2-1-3-7-19)27(17-21-9-5-15-30-21)16-20-10-12-24-13-11-20/h1-4,6-8,10-13,18,21H,5,9,14-17H2. The molecule has 1 aliphatic rings. The number of aromatic nitrogens is 4. The molecule has 2 aromatic heterocycles. The van der Waals surface area contributed by atoms with Gasteiger partial charge in [0.25, 0.3) is 5.91 Å². The minimum Gasteiger partial charge on any atom is -0.376 e. The molecule has 4 rings (SSSR count). The monoisotopic (exact) mass is 403 g/mol. The van der Waals surface area contributed by atoms with Crippen molar-refractivity contribution < 1.29 is 9.53 Å². The van der Waals surface area contributed by atoms with E-state index in [0.29, 0.717) is 25.3 Å². The number of hydrogen-bond acceptors (Lipinski definition) is 5. The first-order valence-electron chi connectivity index (χ1n) is 10.2. The van der Waals surface area contributed by atoms with Gasteiger partial charge in [-0.3, -0.25) is 9.78 Å². The van der Waals surface area contributed by atoms with Crippen LogP contribution in [0.2, 0.25) is 0 Å². The lowest BCUT2D eigenvalue weighted by Crippen LogP contribution is -2.37. The summed E-state index contributed by atoms with van der Waals surface area (Å²) in [4.78, 5) is 19.0. The van der Waals surface area contributed by atoms with Gasteiger partial charge in [0, 0.05) is 32.1 Å². The maximum atomic E-state index is 13.2. The van der Waals surface area contributed by atoms with Crippen molar-refractivity contribution in [2.24, 2.45) is 0 Å². The zero-order chi connectivity index (χ0) is 20.6. The molecule has 3 aromatic rings. The van der Waals surface area contributed by atoms with Gasteiger partial charge >= 0.3 is 0 Å². The van der Waals surface area contributed by atoms with Gasteiger partial charge in [-0.05, 0) is 36.1 Å². The Hall–Kier alpha value is -3.32. The van der Waals surface area contributed by atoms with Gasteiger partial charge in [-0.2, -0.15) is 0 Å². The molecule has 7 nitrogen and oxygen atoms in total. The minimum absolute atomic E-state index is 0.0691. The van der Waals surface area contributed by atoms with E-state index in [1.54, 1.807) is 28.2 Å². The van der Waals surface area contributed by atoms with Gasteiger partial charge in [-0.25, -0.2) is 4.68 Å². The zero-order valence-electron chi connectivity index (χ0n) is 16.8. The largest absolute Gasteiger partial charge is 0.376 e. The normalized spacial score (nSPS) is 16.2. The second-order valence-corrected chi connectivity index (χ2v) is 7.32. The van der Waals surface area contributed by atoms with Gasteiger partial charge in [0.15, 0.2) is 5.69 Å². The topological polar surface area (TPSA) is 73.1 Å². The van der Waals surface area contributed by atoms with Gasteiger partial charge < -0.3 is 9.64 Å². The fourth-order valence-electron chi connectivity index (χ4n) is 3.47. The van der Waals surface area contributed by atoms with Crippen molar-refractivity contribution in [3.63, 3.8) is 0 Å². The average Bonchev–Trinajstić information content (AvgIpc) is 3.47. The second kappa shape index (κ2) is 9.93. The Labute approximate surface area is 176 Å². The predicted molar refractivity (Wildman–Crippen MR) is 113 cm³/mol. The number of nitrogens with zero attached hydrogens (tertiary/aromatic N) is 5. The van der Waals surface area contributed by atoms with Crippen molar-refractivity contribution >= 4 is 12.0 Å². The predicted octanol–water partition coefficient (Wildman–Crippen LogP) is 3.21. The van der Waals surface area contributed by atoms with Crippen LogP contribution in [0.1, 0.15) is 34.5 Å². The fraction of sp³-hybridized carbons (Fsp3) is 0.304. The molecule has 1 unspecified atom stereocenters. The van der Waals surface area contributed by atoms with Crippen LogP contribution in [-0.4, -0.2) is 50.0 Å². The highest BCUT2D eigenvalue weighted by molar-refractivity contribution is 5.91. The molecule has 1 fully saturated rings. The highest BCUT2D eigenvalue weighted by atomic mass is 16.5. The maximum Gasteiger partial charge on any atom is 0.276 e. The first-order valence-corrected chi connectivity index (χ1v) is 10.2. The molecule has 0 spiro atoms. The molecule has 0 saturated carbocycles. The van der Waals surface area contributed by atoms with Gasteiger partial charge in [0.2, 0.25) is 0 Å². The van der Waals surface area contributed by atoms with Gasteiger partial charge in [0.1, 0.15) is 0 Å². The van der Waals surface area contributed by atoms with E-state index >= 15 is 0 Å². The summed E-state index contributed by atoms with van der Waals surface area (Å²) in [6, 6.07) is 13.9. The Balaban J connectivity index is 1.43. The zero-order valence-corrected chi connectivity index (χ0v) is 16.8. The van der Waals surface area contributed by atoms with Crippen molar-refractivity contribution in [2.75, 3.05) is 13.2 Å². The Morgan fingerprint density at radius 2 is 2.03 bits per heavy atom. The Kier molecular flexibility index (Phi) is 6.61. The molecule has 0 bridgehead atoms. The summed E-state index contributed by atoms with van der Waals surface area (Å²) in [7, 11) is 0. The minimum atomic E-state index is -0.138. The summed E-state index contributed by atoms with van der Waals surface area (Å²) in [6.07, 6.45) is 11.3. The van der Waals surface area contributed by atoms with Crippen molar-refractivity contribution in [3.8, 4) is 0 Å². The van der Waals surface area contributed by atoms with Gasteiger partial charge in [-0.15, -0.1) is 5.10 Å². The van der Waals surface area contributed by atoms with E-state index in [4.69, 9.17) is 4.74 Å². The van der Waals surface area contributed by atoms with Crippen LogP contribution in [0.3, 0.4) is 0 Å². The molecule has 1 amide bonds. The van der Waals surface area contributed by atoms with E-state index in [1.807, 2.05) is 54.6 Å². The summed E-state index contributed by atoms with van der Waals surface area (Å²) < 4.78 is 7.42.